The lowest BCUT2D eigenvalue weighted by Crippen LogP contribution is -2.15. The second-order valence-corrected chi connectivity index (χ2v) is 9.49. The van der Waals surface area contributed by atoms with Gasteiger partial charge in [0.1, 0.15) is 11.8 Å². The standard InChI is InChI=1S/C21H23N3O5S.C5H10.C2H6.C2H2/c1-2-4-19(26)18(20(27)9-10-25)12-15-5-3-6-17(11-15)24-30(28,29)21-8-7-16(13-22)14-23-21;1-4-5(2)3;2*1-2/h3,5-8,11,14,24-25,27H,2,4,9-10,12H2,1H3;2,4H2,1,3H3;1-2H3;1-2H/b20-18+;;;. The Balaban J connectivity index is 0. The smallest absolute Gasteiger partial charge is 0.279 e. The van der Waals surface area contributed by atoms with E-state index < -0.39 is 10.0 Å². The van der Waals surface area contributed by atoms with Gasteiger partial charge in [-0.05, 0) is 49.6 Å². The Bertz CT molecular complexity index is 1230. The molecule has 9 heteroatoms. The number of nitrogens with one attached hydrogen (secondary N) is 1. The Labute approximate surface area is 234 Å². The van der Waals surface area contributed by atoms with Crippen molar-refractivity contribution in [1.82, 2.24) is 4.98 Å². The summed E-state index contributed by atoms with van der Waals surface area (Å²) in [7, 11) is -3.97. The Morgan fingerprint density at radius 1 is 1.15 bits per heavy atom. The first kappa shape index (κ1) is 37.2. The van der Waals surface area contributed by atoms with E-state index in [1.807, 2.05) is 33.8 Å². The number of ketones is 1. The van der Waals surface area contributed by atoms with Crippen LogP contribution in [0.25, 0.3) is 0 Å². The first-order valence-corrected chi connectivity index (χ1v) is 14.1. The molecule has 0 fully saturated rings. The molecule has 0 amide bonds. The SMILES string of the molecule is C#C.C=C(C)CC.CC.CCCC(=O)/C(Cc1cccc(NS(=O)(=O)c2ccc(C#N)cn2)c1)=C(/O)CCO. The van der Waals surface area contributed by atoms with Crippen molar-refractivity contribution in [2.24, 2.45) is 0 Å². The van der Waals surface area contributed by atoms with Crippen molar-refractivity contribution < 1.29 is 23.4 Å². The maximum absolute atomic E-state index is 12.5. The van der Waals surface area contributed by atoms with Crippen LogP contribution >= 0.6 is 0 Å². The van der Waals surface area contributed by atoms with Gasteiger partial charge in [-0.1, -0.05) is 45.4 Å². The number of benzene rings is 1. The van der Waals surface area contributed by atoms with E-state index in [0.717, 1.165) is 6.42 Å². The van der Waals surface area contributed by atoms with Gasteiger partial charge in [-0.25, -0.2) is 4.98 Å². The molecule has 0 atom stereocenters. The average Bonchev–Trinajstić information content (AvgIpc) is 2.94. The second-order valence-electron chi connectivity index (χ2n) is 7.86. The van der Waals surface area contributed by atoms with E-state index in [1.165, 1.54) is 23.9 Å². The predicted molar refractivity (Wildman–Crippen MR) is 158 cm³/mol. The van der Waals surface area contributed by atoms with Crippen molar-refractivity contribution in [3.8, 4) is 18.9 Å². The number of carbonyl (C=O) groups excluding carboxylic acids is 1. The molecule has 212 valence electrons. The van der Waals surface area contributed by atoms with Gasteiger partial charge in [-0.15, -0.1) is 19.4 Å². The number of anilines is 1. The summed E-state index contributed by atoms with van der Waals surface area (Å²) in [6.45, 7) is 13.4. The number of nitrogens with zero attached hydrogens (tertiary/aromatic N) is 2. The summed E-state index contributed by atoms with van der Waals surface area (Å²) < 4.78 is 27.5. The van der Waals surface area contributed by atoms with Crippen molar-refractivity contribution in [2.45, 2.75) is 71.7 Å². The quantitative estimate of drug-likeness (QED) is 0.131. The lowest BCUT2D eigenvalue weighted by molar-refractivity contribution is -0.115. The molecule has 0 saturated carbocycles. The molecule has 1 aromatic carbocycles. The van der Waals surface area contributed by atoms with E-state index >= 15 is 0 Å². The number of allylic oxidation sites excluding steroid dienone is 2. The average molecular weight is 556 g/mol. The fourth-order valence-corrected chi connectivity index (χ4v) is 3.74. The van der Waals surface area contributed by atoms with Crippen LogP contribution < -0.4 is 4.72 Å². The van der Waals surface area contributed by atoms with E-state index in [0.29, 0.717) is 12.0 Å². The molecule has 1 heterocycles. The van der Waals surface area contributed by atoms with Crippen LogP contribution in [0.15, 0.2) is 71.1 Å². The van der Waals surface area contributed by atoms with Crippen molar-refractivity contribution in [1.29, 1.82) is 5.26 Å². The van der Waals surface area contributed by atoms with Gasteiger partial charge in [0.15, 0.2) is 10.8 Å². The molecule has 3 N–H and O–H groups in total. The topological polar surface area (TPSA) is 140 Å². The van der Waals surface area contributed by atoms with E-state index in [9.17, 15) is 18.3 Å². The van der Waals surface area contributed by atoms with Gasteiger partial charge in [0.05, 0.1) is 12.2 Å². The summed E-state index contributed by atoms with van der Waals surface area (Å²) in [5, 5.41) is 27.8. The third kappa shape index (κ3) is 14.6. The number of hydrogen-bond acceptors (Lipinski definition) is 7. The molecule has 2 aromatic rings. The molecular formula is C30H41N3O5S. The molecule has 0 bridgehead atoms. The fourth-order valence-electron chi connectivity index (χ4n) is 2.76. The Hall–Kier alpha value is -3.92. The van der Waals surface area contributed by atoms with Crippen LogP contribution in [-0.4, -0.2) is 36.0 Å². The Morgan fingerprint density at radius 3 is 2.23 bits per heavy atom. The monoisotopic (exact) mass is 555 g/mol. The molecule has 1 aromatic heterocycles. The largest absolute Gasteiger partial charge is 0.512 e. The Morgan fingerprint density at radius 2 is 1.77 bits per heavy atom. The van der Waals surface area contributed by atoms with Crippen LogP contribution in [0.5, 0.6) is 0 Å². The summed E-state index contributed by atoms with van der Waals surface area (Å²) in [4.78, 5) is 16.2. The number of sulfonamides is 1. The summed E-state index contributed by atoms with van der Waals surface area (Å²) in [5.41, 5.74) is 2.59. The zero-order valence-corrected chi connectivity index (χ0v) is 24.4. The second kappa shape index (κ2) is 21.1. The number of aliphatic hydroxyl groups excluding tert-OH is 2. The minimum Gasteiger partial charge on any atom is -0.512 e. The van der Waals surface area contributed by atoms with E-state index in [-0.39, 0.29) is 59.3 Å². The number of terminal acetylenes is 1. The van der Waals surface area contributed by atoms with Crippen molar-refractivity contribution in [2.75, 3.05) is 11.3 Å². The van der Waals surface area contributed by atoms with Crippen LogP contribution in [-0.2, 0) is 21.2 Å². The number of hydrogen-bond donors (Lipinski definition) is 3. The maximum atomic E-state index is 12.5. The van der Waals surface area contributed by atoms with Gasteiger partial charge in [-0.3, -0.25) is 9.52 Å². The van der Waals surface area contributed by atoms with Gasteiger partial charge in [0, 0.05) is 36.7 Å². The molecule has 0 radical (unpaired) electrons. The van der Waals surface area contributed by atoms with Crippen molar-refractivity contribution in [3.05, 3.63) is 77.2 Å². The molecular weight excluding hydrogens is 514 g/mol. The number of carbonyl (C=O) groups is 1. The lowest BCUT2D eigenvalue weighted by atomic mass is 9.97. The van der Waals surface area contributed by atoms with Gasteiger partial charge in [0.2, 0.25) is 0 Å². The highest BCUT2D eigenvalue weighted by atomic mass is 32.2. The highest BCUT2D eigenvalue weighted by Crippen LogP contribution is 2.21. The summed E-state index contributed by atoms with van der Waals surface area (Å²) in [6, 6.07) is 10.9. The van der Waals surface area contributed by atoms with Crippen LogP contribution in [0.4, 0.5) is 5.69 Å². The summed E-state index contributed by atoms with van der Waals surface area (Å²) in [6.07, 6.45) is 11.2. The van der Waals surface area contributed by atoms with Gasteiger partial charge >= 0.3 is 0 Å². The molecule has 8 nitrogen and oxygen atoms in total. The zero-order valence-electron chi connectivity index (χ0n) is 23.6. The number of Topliss-reactive ketones (excluding diaryl/α,β-unsaturated/α-hetero) is 1. The van der Waals surface area contributed by atoms with Crippen LogP contribution in [0.1, 0.15) is 71.4 Å². The Kier molecular flexibility index (Phi) is 20.1. The molecule has 0 aliphatic carbocycles. The van der Waals surface area contributed by atoms with Crippen LogP contribution in [0.2, 0.25) is 0 Å². The summed E-state index contributed by atoms with van der Waals surface area (Å²) in [5.74, 6) is -0.375. The van der Waals surface area contributed by atoms with E-state index in [2.05, 4.69) is 36.1 Å². The minimum atomic E-state index is -3.97. The highest BCUT2D eigenvalue weighted by molar-refractivity contribution is 7.92. The molecule has 0 aliphatic heterocycles. The number of nitriles is 1. The third-order valence-corrected chi connectivity index (χ3v) is 6.11. The van der Waals surface area contributed by atoms with Crippen LogP contribution in [0, 0.1) is 24.2 Å². The molecule has 0 aliphatic rings. The van der Waals surface area contributed by atoms with Gasteiger partial charge in [-0.2, -0.15) is 13.7 Å². The maximum Gasteiger partial charge on any atom is 0.279 e. The fraction of sp³-hybridized carbons (Fsp3) is 0.367. The molecule has 39 heavy (non-hydrogen) atoms. The van der Waals surface area contributed by atoms with Crippen molar-refractivity contribution >= 4 is 21.5 Å². The van der Waals surface area contributed by atoms with E-state index in [4.69, 9.17) is 10.4 Å². The molecule has 0 spiro atoms. The first-order valence-electron chi connectivity index (χ1n) is 12.6. The van der Waals surface area contributed by atoms with Crippen LogP contribution in [0.3, 0.4) is 0 Å². The van der Waals surface area contributed by atoms with Crippen molar-refractivity contribution in [3.63, 3.8) is 0 Å². The lowest BCUT2D eigenvalue weighted by Gasteiger charge is -2.12. The molecule has 0 saturated heterocycles. The first-order chi connectivity index (χ1) is 18.6. The highest BCUT2D eigenvalue weighted by Gasteiger charge is 2.18. The minimum absolute atomic E-state index is 0.0263. The number of aliphatic hydroxyl groups is 2. The number of rotatable bonds is 11. The summed E-state index contributed by atoms with van der Waals surface area (Å²) >= 11 is 0. The van der Waals surface area contributed by atoms with E-state index in [1.54, 1.807) is 24.3 Å². The third-order valence-electron chi connectivity index (χ3n) is 4.82. The predicted octanol–water partition coefficient (Wildman–Crippen LogP) is 6.11. The normalized spacial score (nSPS) is 10.4. The zero-order chi connectivity index (χ0) is 30.4. The number of pyridine rings is 1. The number of aromatic nitrogens is 1. The molecule has 2 rings (SSSR count). The van der Waals surface area contributed by atoms with Gasteiger partial charge < -0.3 is 10.2 Å². The molecule has 0 unspecified atom stereocenters. The van der Waals surface area contributed by atoms with Gasteiger partial charge in [0.25, 0.3) is 10.0 Å².